The molecular weight excluding hydrogens is 222 g/mol. The van der Waals surface area contributed by atoms with Crippen molar-refractivity contribution in [2.75, 3.05) is 45.9 Å². The SMILES string of the molecule is CNc1cc(OCCOCCOC)nc(C)n1. The van der Waals surface area contributed by atoms with E-state index in [1.165, 1.54) is 0 Å². The average Bonchev–Trinajstić information content (AvgIpc) is 2.33. The first-order chi connectivity index (χ1) is 8.26. The Labute approximate surface area is 101 Å². The molecule has 0 amide bonds. The summed E-state index contributed by atoms with van der Waals surface area (Å²) in [7, 11) is 3.45. The van der Waals surface area contributed by atoms with Crippen LogP contribution >= 0.6 is 0 Å². The van der Waals surface area contributed by atoms with Gasteiger partial charge in [-0.3, -0.25) is 0 Å². The summed E-state index contributed by atoms with van der Waals surface area (Å²) < 4.78 is 15.6. The first-order valence-corrected chi connectivity index (χ1v) is 5.49. The summed E-state index contributed by atoms with van der Waals surface area (Å²) in [4.78, 5) is 8.33. The fraction of sp³-hybridized carbons (Fsp3) is 0.636. The molecule has 6 nitrogen and oxygen atoms in total. The van der Waals surface area contributed by atoms with Gasteiger partial charge in [-0.05, 0) is 6.92 Å². The van der Waals surface area contributed by atoms with Crippen molar-refractivity contribution in [1.29, 1.82) is 0 Å². The van der Waals surface area contributed by atoms with Crippen LogP contribution in [0.15, 0.2) is 6.07 Å². The molecule has 1 aromatic rings. The van der Waals surface area contributed by atoms with Crippen molar-refractivity contribution in [2.24, 2.45) is 0 Å². The van der Waals surface area contributed by atoms with Gasteiger partial charge in [0, 0.05) is 20.2 Å². The molecule has 0 radical (unpaired) electrons. The summed E-state index contributed by atoms with van der Waals surface area (Å²) in [5.41, 5.74) is 0. The Kier molecular flexibility index (Phi) is 6.27. The van der Waals surface area contributed by atoms with E-state index in [1.54, 1.807) is 20.2 Å². The zero-order valence-corrected chi connectivity index (χ0v) is 10.5. The maximum absolute atomic E-state index is 5.45. The lowest BCUT2D eigenvalue weighted by Gasteiger charge is -2.08. The van der Waals surface area contributed by atoms with Gasteiger partial charge in [-0.15, -0.1) is 0 Å². The number of aryl methyl sites for hydroxylation is 1. The number of nitrogens with one attached hydrogen (secondary N) is 1. The van der Waals surface area contributed by atoms with Crippen LogP contribution in [0.5, 0.6) is 5.88 Å². The van der Waals surface area contributed by atoms with Crippen LogP contribution in [0.1, 0.15) is 5.82 Å². The Morgan fingerprint density at radius 1 is 1.18 bits per heavy atom. The molecule has 0 aliphatic rings. The Hall–Kier alpha value is -1.40. The first-order valence-electron chi connectivity index (χ1n) is 5.49. The highest BCUT2D eigenvalue weighted by Crippen LogP contribution is 2.12. The van der Waals surface area contributed by atoms with Crippen molar-refractivity contribution in [3.05, 3.63) is 11.9 Å². The molecule has 1 aromatic heterocycles. The summed E-state index contributed by atoms with van der Waals surface area (Å²) in [6, 6.07) is 1.75. The molecule has 1 heterocycles. The van der Waals surface area contributed by atoms with Gasteiger partial charge in [0.15, 0.2) is 0 Å². The van der Waals surface area contributed by atoms with Crippen LogP contribution in [0.25, 0.3) is 0 Å². The average molecular weight is 241 g/mol. The van der Waals surface area contributed by atoms with E-state index in [2.05, 4.69) is 15.3 Å². The highest BCUT2D eigenvalue weighted by Gasteiger charge is 2.01. The topological polar surface area (TPSA) is 65.5 Å². The van der Waals surface area contributed by atoms with Crippen LogP contribution in [0.2, 0.25) is 0 Å². The van der Waals surface area contributed by atoms with E-state index in [-0.39, 0.29) is 0 Å². The molecule has 0 aromatic carbocycles. The number of anilines is 1. The lowest BCUT2D eigenvalue weighted by atomic mass is 10.5. The molecule has 0 bridgehead atoms. The molecule has 96 valence electrons. The number of methoxy groups -OCH3 is 1. The van der Waals surface area contributed by atoms with E-state index in [0.717, 1.165) is 5.82 Å². The monoisotopic (exact) mass is 241 g/mol. The molecule has 17 heavy (non-hydrogen) atoms. The zero-order valence-electron chi connectivity index (χ0n) is 10.5. The Balaban J connectivity index is 2.28. The molecule has 0 saturated carbocycles. The van der Waals surface area contributed by atoms with E-state index in [9.17, 15) is 0 Å². The van der Waals surface area contributed by atoms with Crippen molar-refractivity contribution >= 4 is 5.82 Å². The number of nitrogens with zero attached hydrogens (tertiary/aromatic N) is 2. The molecule has 1 N–H and O–H groups in total. The molecular formula is C11H19N3O3. The van der Waals surface area contributed by atoms with E-state index in [0.29, 0.717) is 38.1 Å². The highest BCUT2D eigenvalue weighted by molar-refractivity contribution is 5.37. The Morgan fingerprint density at radius 2 is 1.94 bits per heavy atom. The summed E-state index contributed by atoms with van der Waals surface area (Å²) in [6.07, 6.45) is 0. The second-order valence-electron chi connectivity index (χ2n) is 3.34. The second-order valence-corrected chi connectivity index (χ2v) is 3.34. The van der Waals surface area contributed by atoms with Crippen LogP contribution in [-0.4, -0.2) is 50.6 Å². The summed E-state index contributed by atoms with van der Waals surface area (Å²) in [6.45, 7) is 3.97. The number of hydrogen-bond acceptors (Lipinski definition) is 6. The molecule has 0 aliphatic heterocycles. The molecule has 0 saturated heterocycles. The maximum atomic E-state index is 5.45. The molecule has 1 rings (SSSR count). The predicted molar refractivity (Wildman–Crippen MR) is 64.5 cm³/mol. The molecule has 0 spiro atoms. The summed E-state index contributed by atoms with van der Waals surface area (Å²) in [5.74, 6) is 1.97. The van der Waals surface area contributed by atoms with Gasteiger partial charge in [0.05, 0.1) is 19.8 Å². The molecule has 6 heteroatoms. The largest absolute Gasteiger partial charge is 0.475 e. The minimum Gasteiger partial charge on any atom is -0.475 e. The van der Waals surface area contributed by atoms with Gasteiger partial charge >= 0.3 is 0 Å². The van der Waals surface area contributed by atoms with Crippen molar-refractivity contribution in [2.45, 2.75) is 6.92 Å². The molecule has 0 atom stereocenters. The van der Waals surface area contributed by atoms with Crippen molar-refractivity contribution in [3.63, 3.8) is 0 Å². The normalized spacial score (nSPS) is 10.3. The second kappa shape index (κ2) is 7.81. The van der Waals surface area contributed by atoms with Crippen LogP contribution in [-0.2, 0) is 9.47 Å². The van der Waals surface area contributed by atoms with Gasteiger partial charge in [-0.25, -0.2) is 4.98 Å². The Bertz CT molecular complexity index is 334. The smallest absolute Gasteiger partial charge is 0.218 e. The lowest BCUT2D eigenvalue weighted by Crippen LogP contribution is -2.11. The fourth-order valence-corrected chi connectivity index (χ4v) is 1.19. The minimum absolute atomic E-state index is 0.462. The summed E-state index contributed by atoms with van der Waals surface area (Å²) in [5, 5.41) is 2.95. The van der Waals surface area contributed by atoms with Crippen molar-refractivity contribution < 1.29 is 14.2 Å². The van der Waals surface area contributed by atoms with E-state index in [1.807, 2.05) is 6.92 Å². The Morgan fingerprint density at radius 3 is 2.65 bits per heavy atom. The lowest BCUT2D eigenvalue weighted by molar-refractivity contribution is 0.0536. The first kappa shape index (κ1) is 13.7. The maximum Gasteiger partial charge on any atom is 0.218 e. The number of hydrogen-bond donors (Lipinski definition) is 1. The van der Waals surface area contributed by atoms with Crippen LogP contribution in [0.3, 0.4) is 0 Å². The van der Waals surface area contributed by atoms with Crippen LogP contribution < -0.4 is 10.1 Å². The zero-order chi connectivity index (χ0) is 12.5. The number of rotatable bonds is 8. The third kappa shape index (κ3) is 5.46. The standard InChI is InChI=1S/C11H19N3O3/c1-9-13-10(12-2)8-11(14-9)17-7-6-16-5-4-15-3/h8H,4-7H2,1-3H3,(H,12,13,14). The molecule has 0 aliphatic carbocycles. The summed E-state index contributed by atoms with van der Waals surface area (Å²) >= 11 is 0. The van der Waals surface area contributed by atoms with Crippen molar-refractivity contribution in [3.8, 4) is 5.88 Å². The van der Waals surface area contributed by atoms with Gasteiger partial charge in [0.2, 0.25) is 5.88 Å². The third-order valence-corrected chi connectivity index (χ3v) is 1.98. The third-order valence-electron chi connectivity index (χ3n) is 1.98. The van der Waals surface area contributed by atoms with Crippen molar-refractivity contribution in [1.82, 2.24) is 9.97 Å². The van der Waals surface area contributed by atoms with Gasteiger partial charge in [-0.2, -0.15) is 4.98 Å². The van der Waals surface area contributed by atoms with Gasteiger partial charge in [0.1, 0.15) is 18.2 Å². The number of aromatic nitrogens is 2. The van der Waals surface area contributed by atoms with Gasteiger partial charge in [-0.1, -0.05) is 0 Å². The highest BCUT2D eigenvalue weighted by atomic mass is 16.5. The predicted octanol–water partition coefficient (Wildman–Crippen LogP) is 0.869. The minimum atomic E-state index is 0.462. The molecule has 0 unspecified atom stereocenters. The van der Waals surface area contributed by atoms with E-state index in [4.69, 9.17) is 14.2 Å². The number of ether oxygens (including phenoxy) is 3. The van der Waals surface area contributed by atoms with E-state index < -0.39 is 0 Å². The fourth-order valence-electron chi connectivity index (χ4n) is 1.19. The molecule has 0 fully saturated rings. The quantitative estimate of drug-likeness (QED) is 0.681. The van der Waals surface area contributed by atoms with E-state index >= 15 is 0 Å². The van der Waals surface area contributed by atoms with Crippen LogP contribution in [0.4, 0.5) is 5.82 Å². The van der Waals surface area contributed by atoms with Crippen LogP contribution in [0, 0.1) is 6.92 Å². The van der Waals surface area contributed by atoms with Gasteiger partial charge in [0.25, 0.3) is 0 Å². The van der Waals surface area contributed by atoms with Gasteiger partial charge < -0.3 is 19.5 Å².